The molecule has 3 rings (SSSR count). The fourth-order valence-corrected chi connectivity index (χ4v) is 3.86. The Kier molecular flexibility index (Phi) is 1.82. The third-order valence-electron chi connectivity index (χ3n) is 2.74. The summed E-state index contributed by atoms with van der Waals surface area (Å²) in [7, 11) is 0. The van der Waals surface area contributed by atoms with Crippen LogP contribution >= 0.6 is 22.7 Å². The molecule has 2 aromatic heterocycles. The van der Waals surface area contributed by atoms with E-state index in [2.05, 4.69) is 32.0 Å². The van der Waals surface area contributed by atoms with Gasteiger partial charge in [0.25, 0.3) is 0 Å². The van der Waals surface area contributed by atoms with E-state index < -0.39 is 0 Å². The number of nitrogen functional groups attached to an aromatic ring is 1. The molecule has 2 heterocycles. The van der Waals surface area contributed by atoms with Crippen LogP contribution in [0.3, 0.4) is 0 Å². The number of anilines is 1. The number of aryl methyl sites for hydroxylation is 2. The van der Waals surface area contributed by atoms with Gasteiger partial charge in [-0.25, -0.2) is 0 Å². The average molecular weight is 233 g/mol. The van der Waals surface area contributed by atoms with Crippen LogP contribution in [-0.2, 0) is 0 Å². The fraction of sp³-hybridized carbons (Fsp3) is 0.167. The van der Waals surface area contributed by atoms with E-state index in [9.17, 15) is 0 Å². The van der Waals surface area contributed by atoms with Crippen molar-refractivity contribution >= 4 is 47.8 Å². The zero-order valence-corrected chi connectivity index (χ0v) is 10.3. The quantitative estimate of drug-likeness (QED) is 0.615. The summed E-state index contributed by atoms with van der Waals surface area (Å²) in [6.45, 7) is 4.25. The molecule has 15 heavy (non-hydrogen) atoms. The van der Waals surface area contributed by atoms with E-state index in [0.717, 1.165) is 5.00 Å². The molecular weight excluding hydrogens is 222 g/mol. The van der Waals surface area contributed by atoms with Crippen molar-refractivity contribution in [3.63, 3.8) is 0 Å². The van der Waals surface area contributed by atoms with E-state index in [4.69, 9.17) is 5.73 Å². The van der Waals surface area contributed by atoms with Crippen molar-refractivity contribution in [2.75, 3.05) is 5.73 Å². The Bertz CT molecular complexity index is 661. The van der Waals surface area contributed by atoms with E-state index in [1.807, 2.05) is 11.3 Å². The molecular formula is C12H11NS2. The van der Waals surface area contributed by atoms with Gasteiger partial charge in [-0.2, -0.15) is 0 Å². The van der Waals surface area contributed by atoms with Crippen LogP contribution in [0.4, 0.5) is 5.00 Å². The van der Waals surface area contributed by atoms with Crippen molar-refractivity contribution in [2.45, 2.75) is 13.8 Å². The molecule has 76 valence electrons. The first-order valence-electron chi connectivity index (χ1n) is 4.84. The van der Waals surface area contributed by atoms with Crippen LogP contribution in [0.5, 0.6) is 0 Å². The van der Waals surface area contributed by atoms with Crippen LogP contribution in [0.15, 0.2) is 18.2 Å². The third kappa shape index (κ3) is 1.27. The van der Waals surface area contributed by atoms with Gasteiger partial charge < -0.3 is 5.73 Å². The van der Waals surface area contributed by atoms with Crippen LogP contribution in [0, 0.1) is 13.8 Å². The molecule has 0 atom stereocenters. The molecule has 1 aromatic carbocycles. The van der Waals surface area contributed by atoms with Gasteiger partial charge in [-0.15, -0.1) is 22.7 Å². The summed E-state index contributed by atoms with van der Waals surface area (Å²) in [5, 5.41) is 3.59. The highest BCUT2D eigenvalue weighted by molar-refractivity contribution is 7.23. The SMILES string of the molecule is Cc1cc2cc3sc(N)c(C)c3cc2s1. The largest absolute Gasteiger partial charge is 0.390 e. The number of hydrogen-bond acceptors (Lipinski definition) is 3. The number of nitrogens with two attached hydrogens (primary N) is 1. The average Bonchev–Trinajstić information content (AvgIpc) is 2.65. The number of rotatable bonds is 0. The van der Waals surface area contributed by atoms with Crippen molar-refractivity contribution in [1.29, 1.82) is 0 Å². The Hall–Kier alpha value is -1.06. The van der Waals surface area contributed by atoms with Crippen molar-refractivity contribution in [2.24, 2.45) is 0 Å². The summed E-state index contributed by atoms with van der Waals surface area (Å²) in [5.74, 6) is 0. The van der Waals surface area contributed by atoms with Crippen LogP contribution in [0.2, 0.25) is 0 Å². The summed E-state index contributed by atoms with van der Waals surface area (Å²) in [5.41, 5.74) is 7.16. The van der Waals surface area contributed by atoms with Gasteiger partial charge in [-0.1, -0.05) is 0 Å². The summed E-state index contributed by atoms with van der Waals surface area (Å²) >= 11 is 3.53. The topological polar surface area (TPSA) is 26.0 Å². The normalized spacial score (nSPS) is 11.6. The lowest BCUT2D eigenvalue weighted by Gasteiger charge is -1.92. The van der Waals surface area contributed by atoms with Crippen molar-refractivity contribution < 1.29 is 0 Å². The van der Waals surface area contributed by atoms with Gasteiger partial charge in [0.05, 0.1) is 5.00 Å². The predicted molar refractivity (Wildman–Crippen MR) is 71.1 cm³/mol. The lowest BCUT2D eigenvalue weighted by Crippen LogP contribution is -1.80. The Labute approximate surface area is 96.1 Å². The lowest BCUT2D eigenvalue weighted by atomic mass is 10.1. The molecule has 0 radical (unpaired) electrons. The highest BCUT2D eigenvalue weighted by atomic mass is 32.1. The monoisotopic (exact) mass is 233 g/mol. The molecule has 1 nitrogen and oxygen atoms in total. The van der Waals surface area contributed by atoms with Crippen LogP contribution in [-0.4, -0.2) is 0 Å². The molecule has 0 saturated heterocycles. The van der Waals surface area contributed by atoms with Crippen LogP contribution < -0.4 is 5.73 Å². The number of benzene rings is 1. The molecule has 0 aliphatic heterocycles. The minimum absolute atomic E-state index is 0.944. The number of hydrogen-bond donors (Lipinski definition) is 1. The molecule has 0 fully saturated rings. The van der Waals surface area contributed by atoms with Gasteiger partial charge in [0.1, 0.15) is 0 Å². The zero-order chi connectivity index (χ0) is 10.6. The van der Waals surface area contributed by atoms with Crippen molar-refractivity contribution in [3.8, 4) is 0 Å². The number of fused-ring (bicyclic) bond motifs is 2. The van der Waals surface area contributed by atoms with Gasteiger partial charge in [0, 0.05) is 14.3 Å². The Morgan fingerprint density at radius 2 is 1.80 bits per heavy atom. The highest BCUT2D eigenvalue weighted by Gasteiger charge is 2.08. The molecule has 0 saturated carbocycles. The first kappa shape index (κ1) is 9.19. The van der Waals surface area contributed by atoms with Gasteiger partial charge in [-0.3, -0.25) is 0 Å². The van der Waals surface area contributed by atoms with E-state index in [1.54, 1.807) is 11.3 Å². The summed E-state index contributed by atoms with van der Waals surface area (Å²) in [6.07, 6.45) is 0. The first-order chi connectivity index (χ1) is 7.15. The molecule has 2 N–H and O–H groups in total. The summed E-state index contributed by atoms with van der Waals surface area (Å²) in [4.78, 5) is 1.37. The van der Waals surface area contributed by atoms with Crippen molar-refractivity contribution in [1.82, 2.24) is 0 Å². The van der Waals surface area contributed by atoms with Crippen molar-refractivity contribution in [3.05, 3.63) is 28.6 Å². The summed E-state index contributed by atoms with van der Waals surface area (Å²) < 4.78 is 2.66. The number of thiophene rings is 2. The summed E-state index contributed by atoms with van der Waals surface area (Å²) in [6, 6.07) is 6.76. The first-order valence-corrected chi connectivity index (χ1v) is 6.47. The maximum Gasteiger partial charge on any atom is 0.0898 e. The molecule has 0 unspecified atom stereocenters. The predicted octanol–water partition coefficient (Wildman–Crippen LogP) is 4.32. The Balaban J connectivity index is 2.51. The Morgan fingerprint density at radius 1 is 1.00 bits per heavy atom. The molecule has 3 heteroatoms. The van der Waals surface area contributed by atoms with E-state index >= 15 is 0 Å². The highest BCUT2D eigenvalue weighted by Crippen LogP contribution is 2.37. The van der Waals surface area contributed by atoms with Gasteiger partial charge in [0.15, 0.2) is 0 Å². The van der Waals surface area contributed by atoms with E-state index in [0.29, 0.717) is 0 Å². The smallest absolute Gasteiger partial charge is 0.0898 e. The third-order valence-corrected chi connectivity index (χ3v) is 4.83. The van der Waals surface area contributed by atoms with Crippen LogP contribution in [0.25, 0.3) is 20.2 Å². The Morgan fingerprint density at radius 3 is 2.60 bits per heavy atom. The molecule has 0 amide bonds. The minimum Gasteiger partial charge on any atom is -0.390 e. The second-order valence-corrected chi connectivity index (χ2v) is 6.21. The molecule has 0 aliphatic carbocycles. The fourth-order valence-electron chi connectivity index (χ4n) is 1.90. The van der Waals surface area contributed by atoms with E-state index in [-0.39, 0.29) is 0 Å². The van der Waals surface area contributed by atoms with E-state index in [1.165, 1.54) is 30.6 Å². The van der Waals surface area contributed by atoms with Gasteiger partial charge >= 0.3 is 0 Å². The lowest BCUT2D eigenvalue weighted by molar-refractivity contribution is 1.60. The second-order valence-electron chi connectivity index (χ2n) is 3.83. The molecule has 0 spiro atoms. The van der Waals surface area contributed by atoms with Crippen LogP contribution in [0.1, 0.15) is 10.4 Å². The molecule has 3 aromatic rings. The molecule has 0 bridgehead atoms. The maximum atomic E-state index is 5.94. The second kappa shape index (κ2) is 2.97. The maximum absolute atomic E-state index is 5.94. The minimum atomic E-state index is 0.944. The zero-order valence-electron chi connectivity index (χ0n) is 8.63. The molecule has 0 aliphatic rings. The standard InChI is InChI=1S/C12H11NS2/c1-6-3-8-4-11-9(5-10(8)14-6)7(2)12(13)15-11/h3-5H,13H2,1-2H3. The van der Waals surface area contributed by atoms with Gasteiger partial charge in [0.2, 0.25) is 0 Å². The van der Waals surface area contributed by atoms with Gasteiger partial charge in [-0.05, 0) is 48.4 Å².